The highest BCUT2D eigenvalue weighted by atomic mass is 127. The predicted molar refractivity (Wildman–Crippen MR) is 61.8 cm³/mol. The Kier molecular flexibility index (Phi) is 2.31. The molecule has 62 valence electrons. The van der Waals surface area contributed by atoms with Crippen LogP contribution in [0.3, 0.4) is 0 Å². The number of thiol groups is 1. The molecular formula is C8H4FIS2. The Hall–Kier alpha value is 0.190. The third-order valence-corrected chi connectivity index (χ3v) is 3.71. The van der Waals surface area contributed by atoms with Gasteiger partial charge in [0.05, 0.1) is 3.57 Å². The molecule has 0 saturated heterocycles. The van der Waals surface area contributed by atoms with Crippen molar-refractivity contribution in [3.05, 3.63) is 26.9 Å². The summed E-state index contributed by atoms with van der Waals surface area (Å²) in [4.78, 5) is 0.457. The van der Waals surface area contributed by atoms with E-state index < -0.39 is 0 Å². The number of hydrogen-bond acceptors (Lipinski definition) is 2. The molecule has 12 heavy (non-hydrogen) atoms. The SMILES string of the molecule is Fc1c(I)cc2sccc2c1S. The molecule has 1 aromatic carbocycles. The second kappa shape index (κ2) is 3.16. The van der Waals surface area contributed by atoms with Crippen LogP contribution in [-0.4, -0.2) is 0 Å². The van der Waals surface area contributed by atoms with E-state index in [-0.39, 0.29) is 5.82 Å². The van der Waals surface area contributed by atoms with Crippen LogP contribution in [0, 0.1) is 9.39 Å². The maximum Gasteiger partial charge on any atom is 0.150 e. The summed E-state index contributed by atoms with van der Waals surface area (Å²) in [5.41, 5.74) is 0. The molecule has 0 radical (unpaired) electrons. The van der Waals surface area contributed by atoms with E-state index in [2.05, 4.69) is 12.6 Å². The van der Waals surface area contributed by atoms with Gasteiger partial charge in [-0.15, -0.1) is 24.0 Å². The second-order valence-electron chi connectivity index (χ2n) is 2.35. The van der Waals surface area contributed by atoms with Crippen LogP contribution >= 0.6 is 46.6 Å². The number of halogens is 2. The number of hydrogen-bond donors (Lipinski definition) is 1. The fourth-order valence-corrected chi connectivity index (χ4v) is 3.27. The molecule has 2 aromatic rings. The lowest BCUT2D eigenvalue weighted by Crippen LogP contribution is -1.83. The molecule has 0 nitrogen and oxygen atoms in total. The lowest BCUT2D eigenvalue weighted by atomic mass is 10.2. The summed E-state index contributed by atoms with van der Waals surface area (Å²) in [5.74, 6) is -0.218. The Morgan fingerprint density at radius 2 is 2.25 bits per heavy atom. The zero-order valence-corrected chi connectivity index (χ0v) is 9.71. The molecule has 0 aliphatic carbocycles. The molecule has 0 aliphatic heterocycles. The molecule has 2 rings (SSSR count). The first-order valence-electron chi connectivity index (χ1n) is 3.24. The van der Waals surface area contributed by atoms with Gasteiger partial charge in [-0.05, 0) is 40.1 Å². The van der Waals surface area contributed by atoms with Crippen molar-refractivity contribution >= 4 is 56.6 Å². The maximum atomic E-state index is 13.3. The van der Waals surface area contributed by atoms with Gasteiger partial charge in [-0.2, -0.15) is 0 Å². The van der Waals surface area contributed by atoms with Gasteiger partial charge in [0, 0.05) is 15.0 Å². The number of benzene rings is 1. The van der Waals surface area contributed by atoms with E-state index in [4.69, 9.17) is 0 Å². The first-order valence-corrected chi connectivity index (χ1v) is 5.65. The van der Waals surface area contributed by atoms with Gasteiger partial charge in [0.1, 0.15) is 0 Å². The van der Waals surface area contributed by atoms with E-state index in [1.54, 1.807) is 11.3 Å². The monoisotopic (exact) mass is 310 g/mol. The van der Waals surface area contributed by atoms with Crippen LogP contribution in [0.4, 0.5) is 4.39 Å². The molecule has 4 heteroatoms. The zero-order chi connectivity index (χ0) is 8.72. The number of thiophene rings is 1. The van der Waals surface area contributed by atoms with Crippen LogP contribution in [-0.2, 0) is 0 Å². The van der Waals surface area contributed by atoms with Gasteiger partial charge in [0.15, 0.2) is 5.82 Å². The van der Waals surface area contributed by atoms with Crippen molar-refractivity contribution in [2.75, 3.05) is 0 Å². The van der Waals surface area contributed by atoms with Gasteiger partial charge in [-0.25, -0.2) is 4.39 Å². The van der Waals surface area contributed by atoms with Gasteiger partial charge in [-0.1, -0.05) is 0 Å². The fraction of sp³-hybridized carbons (Fsp3) is 0. The standard InChI is InChI=1S/C8H4FIS2/c9-7-5(10)3-6-4(8(7)11)1-2-12-6/h1-3,11H. The molecule has 0 aliphatic rings. The normalized spacial score (nSPS) is 10.9. The van der Waals surface area contributed by atoms with E-state index >= 15 is 0 Å². The van der Waals surface area contributed by atoms with Crippen LogP contribution in [0.1, 0.15) is 0 Å². The van der Waals surface area contributed by atoms with Crippen LogP contribution in [0.2, 0.25) is 0 Å². The van der Waals surface area contributed by atoms with E-state index in [0.29, 0.717) is 8.47 Å². The lowest BCUT2D eigenvalue weighted by Gasteiger charge is -1.99. The highest BCUT2D eigenvalue weighted by molar-refractivity contribution is 14.1. The summed E-state index contributed by atoms with van der Waals surface area (Å²) in [6.45, 7) is 0. The Balaban J connectivity index is 2.94. The van der Waals surface area contributed by atoms with Crippen LogP contribution < -0.4 is 0 Å². The van der Waals surface area contributed by atoms with Crippen molar-refractivity contribution in [3.8, 4) is 0 Å². The topological polar surface area (TPSA) is 0 Å². The first-order chi connectivity index (χ1) is 5.70. The van der Waals surface area contributed by atoms with Crippen molar-refractivity contribution in [3.63, 3.8) is 0 Å². The minimum absolute atomic E-state index is 0.218. The zero-order valence-electron chi connectivity index (χ0n) is 5.84. The second-order valence-corrected chi connectivity index (χ2v) is 4.91. The molecule has 0 bridgehead atoms. The summed E-state index contributed by atoms with van der Waals surface area (Å²) in [7, 11) is 0. The van der Waals surface area contributed by atoms with Crippen LogP contribution in [0.15, 0.2) is 22.4 Å². The van der Waals surface area contributed by atoms with Gasteiger partial charge in [0.25, 0.3) is 0 Å². The Labute approximate surface area is 92.3 Å². The molecule has 0 spiro atoms. The lowest BCUT2D eigenvalue weighted by molar-refractivity contribution is 0.599. The third kappa shape index (κ3) is 1.25. The minimum Gasteiger partial charge on any atom is -0.205 e. The summed E-state index contributed by atoms with van der Waals surface area (Å²) < 4.78 is 15.0. The van der Waals surface area contributed by atoms with Crippen LogP contribution in [0.5, 0.6) is 0 Å². The molecule has 0 fully saturated rings. The highest BCUT2D eigenvalue weighted by Gasteiger charge is 2.08. The minimum atomic E-state index is -0.218. The van der Waals surface area contributed by atoms with Gasteiger partial charge < -0.3 is 0 Å². The smallest absolute Gasteiger partial charge is 0.150 e. The molecule has 0 unspecified atom stereocenters. The van der Waals surface area contributed by atoms with Crippen molar-refractivity contribution in [2.24, 2.45) is 0 Å². The summed E-state index contributed by atoms with van der Waals surface area (Å²) >= 11 is 7.71. The molecule has 0 N–H and O–H groups in total. The summed E-state index contributed by atoms with van der Waals surface area (Å²) in [6.07, 6.45) is 0. The van der Waals surface area contributed by atoms with Crippen molar-refractivity contribution in [1.29, 1.82) is 0 Å². The average Bonchev–Trinajstić information content (AvgIpc) is 2.48. The average molecular weight is 310 g/mol. The Bertz CT molecular complexity index is 436. The first kappa shape index (κ1) is 8.77. The van der Waals surface area contributed by atoms with Gasteiger partial charge >= 0.3 is 0 Å². The van der Waals surface area contributed by atoms with Gasteiger partial charge in [-0.3, -0.25) is 0 Å². The fourth-order valence-electron chi connectivity index (χ4n) is 1.04. The molecule has 0 amide bonds. The third-order valence-electron chi connectivity index (χ3n) is 1.63. The van der Waals surface area contributed by atoms with Crippen molar-refractivity contribution < 1.29 is 4.39 Å². The summed E-state index contributed by atoms with van der Waals surface area (Å²) in [5, 5.41) is 2.85. The van der Waals surface area contributed by atoms with Crippen molar-refractivity contribution in [2.45, 2.75) is 4.90 Å². The largest absolute Gasteiger partial charge is 0.205 e. The molecule has 1 heterocycles. The molecule has 0 saturated carbocycles. The quantitative estimate of drug-likeness (QED) is 0.553. The van der Waals surface area contributed by atoms with E-state index in [9.17, 15) is 4.39 Å². The summed E-state index contributed by atoms with van der Waals surface area (Å²) in [6, 6.07) is 3.73. The molecule has 0 atom stereocenters. The Morgan fingerprint density at radius 1 is 1.50 bits per heavy atom. The maximum absolute atomic E-state index is 13.3. The van der Waals surface area contributed by atoms with E-state index in [1.165, 1.54) is 0 Å². The van der Waals surface area contributed by atoms with E-state index in [0.717, 1.165) is 10.1 Å². The highest BCUT2D eigenvalue weighted by Crippen LogP contribution is 2.31. The van der Waals surface area contributed by atoms with E-state index in [1.807, 2.05) is 40.1 Å². The van der Waals surface area contributed by atoms with Crippen LogP contribution in [0.25, 0.3) is 10.1 Å². The predicted octanol–water partition coefficient (Wildman–Crippen LogP) is 3.93. The molecule has 1 aromatic heterocycles. The Morgan fingerprint density at radius 3 is 3.00 bits per heavy atom. The van der Waals surface area contributed by atoms with Gasteiger partial charge in [0.2, 0.25) is 0 Å². The van der Waals surface area contributed by atoms with Crippen molar-refractivity contribution in [1.82, 2.24) is 0 Å². The molecular weight excluding hydrogens is 306 g/mol. The number of rotatable bonds is 0. The number of fused-ring (bicyclic) bond motifs is 1.